The molecular formula is C17H14F3N5O2. The number of aryl methyl sites for hydroxylation is 1. The van der Waals surface area contributed by atoms with Crippen LogP contribution in [-0.4, -0.2) is 37.3 Å². The normalized spacial score (nSPS) is 11.4. The summed E-state index contributed by atoms with van der Waals surface area (Å²) in [6.45, 7) is 3.49. The van der Waals surface area contributed by atoms with Gasteiger partial charge in [0.2, 0.25) is 0 Å². The largest absolute Gasteiger partial charge is 0.462 e. The summed E-state index contributed by atoms with van der Waals surface area (Å²) in [6.07, 6.45) is 0.828. The predicted octanol–water partition coefficient (Wildman–Crippen LogP) is 3.23. The number of alkyl halides is 3. The minimum atomic E-state index is -4.57. The Bertz CT molecular complexity index is 985. The second-order valence-corrected chi connectivity index (χ2v) is 5.48. The number of hydrogen-bond donors (Lipinski definition) is 0. The maximum Gasteiger partial charge on any atom is 0.435 e. The van der Waals surface area contributed by atoms with Gasteiger partial charge in [0.05, 0.1) is 12.2 Å². The van der Waals surface area contributed by atoms with Crippen LogP contribution >= 0.6 is 0 Å². The quantitative estimate of drug-likeness (QED) is 0.649. The Labute approximate surface area is 151 Å². The van der Waals surface area contributed by atoms with E-state index in [-0.39, 0.29) is 18.0 Å². The second kappa shape index (κ2) is 7.14. The smallest absolute Gasteiger partial charge is 0.435 e. The molecule has 10 heteroatoms. The standard InChI is InChI=1S/C17H14F3N5O2/c1-3-27-16(26)12-6-11(7-21-8-12)13-9-22-10(2)23-15(13)25-5-4-14(24-25)17(18,19)20/h4-9H,3H2,1-2H3. The first-order valence-electron chi connectivity index (χ1n) is 7.89. The summed E-state index contributed by atoms with van der Waals surface area (Å²) in [5, 5.41) is 3.56. The van der Waals surface area contributed by atoms with Crippen LogP contribution in [0.1, 0.15) is 28.8 Å². The summed E-state index contributed by atoms with van der Waals surface area (Å²) in [5.41, 5.74) is -0.0175. The fourth-order valence-electron chi connectivity index (χ4n) is 2.34. The Morgan fingerprint density at radius 3 is 2.70 bits per heavy atom. The Morgan fingerprint density at radius 2 is 2.04 bits per heavy atom. The molecule has 0 aromatic carbocycles. The first-order chi connectivity index (χ1) is 12.8. The lowest BCUT2D eigenvalue weighted by atomic mass is 10.1. The van der Waals surface area contributed by atoms with Gasteiger partial charge in [0.25, 0.3) is 0 Å². The lowest BCUT2D eigenvalue weighted by molar-refractivity contribution is -0.141. The van der Waals surface area contributed by atoms with Crippen molar-refractivity contribution in [2.45, 2.75) is 20.0 Å². The fraction of sp³-hybridized carbons (Fsp3) is 0.235. The lowest BCUT2D eigenvalue weighted by Crippen LogP contribution is -2.09. The maximum absolute atomic E-state index is 12.9. The lowest BCUT2D eigenvalue weighted by Gasteiger charge is -2.10. The van der Waals surface area contributed by atoms with Gasteiger partial charge in [-0.05, 0) is 26.0 Å². The van der Waals surface area contributed by atoms with E-state index in [4.69, 9.17) is 4.74 Å². The van der Waals surface area contributed by atoms with E-state index in [1.165, 1.54) is 24.7 Å². The van der Waals surface area contributed by atoms with E-state index in [0.717, 1.165) is 16.9 Å². The van der Waals surface area contributed by atoms with Gasteiger partial charge in [-0.25, -0.2) is 19.4 Å². The molecular weight excluding hydrogens is 363 g/mol. The molecule has 0 radical (unpaired) electrons. The number of hydrogen-bond acceptors (Lipinski definition) is 6. The van der Waals surface area contributed by atoms with Crippen molar-refractivity contribution in [1.29, 1.82) is 0 Å². The van der Waals surface area contributed by atoms with E-state index < -0.39 is 17.8 Å². The molecule has 3 aromatic rings. The van der Waals surface area contributed by atoms with E-state index in [2.05, 4.69) is 20.1 Å². The number of aromatic nitrogens is 5. The van der Waals surface area contributed by atoms with Gasteiger partial charge in [-0.15, -0.1) is 0 Å². The highest BCUT2D eigenvalue weighted by molar-refractivity contribution is 5.90. The van der Waals surface area contributed by atoms with E-state index >= 15 is 0 Å². The third-order valence-corrected chi connectivity index (χ3v) is 3.55. The molecule has 0 saturated carbocycles. The van der Waals surface area contributed by atoms with Crippen molar-refractivity contribution in [3.8, 4) is 16.9 Å². The minimum absolute atomic E-state index is 0.140. The van der Waals surface area contributed by atoms with Crippen LogP contribution in [0.25, 0.3) is 16.9 Å². The average Bonchev–Trinajstić information content (AvgIpc) is 3.12. The first-order valence-corrected chi connectivity index (χ1v) is 7.89. The predicted molar refractivity (Wildman–Crippen MR) is 88.1 cm³/mol. The number of ether oxygens (including phenoxy) is 1. The number of carbonyl (C=O) groups excluding carboxylic acids is 1. The Hall–Kier alpha value is -3.30. The highest BCUT2D eigenvalue weighted by Gasteiger charge is 2.34. The minimum Gasteiger partial charge on any atom is -0.462 e. The molecule has 0 unspecified atom stereocenters. The summed E-state index contributed by atoms with van der Waals surface area (Å²) in [5.74, 6) is -0.0620. The molecule has 0 saturated heterocycles. The third-order valence-electron chi connectivity index (χ3n) is 3.55. The molecule has 3 rings (SSSR count). The van der Waals surface area contributed by atoms with Crippen LogP contribution in [0.15, 0.2) is 36.9 Å². The number of esters is 1. The monoisotopic (exact) mass is 377 g/mol. The number of rotatable bonds is 4. The zero-order valence-corrected chi connectivity index (χ0v) is 14.4. The van der Waals surface area contributed by atoms with Crippen LogP contribution in [0.4, 0.5) is 13.2 Å². The summed E-state index contributed by atoms with van der Waals surface area (Å²) in [6, 6.07) is 2.37. The number of pyridine rings is 1. The van der Waals surface area contributed by atoms with Crippen LogP contribution in [0.5, 0.6) is 0 Å². The topological polar surface area (TPSA) is 82.8 Å². The van der Waals surface area contributed by atoms with E-state index in [9.17, 15) is 18.0 Å². The van der Waals surface area contributed by atoms with Crippen molar-refractivity contribution in [2.24, 2.45) is 0 Å². The zero-order valence-electron chi connectivity index (χ0n) is 14.4. The number of halogens is 3. The Balaban J connectivity index is 2.09. The maximum atomic E-state index is 12.9. The number of carbonyl (C=O) groups is 1. The van der Waals surface area contributed by atoms with Crippen LogP contribution in [0.3, 0.4) is 0 Å². The Morgan fingerprint density at radius 1 is 1.26 bits per heavy atom. The van der Waals surface area contributed by atoms with Gasteiger partial charge in [-0.1, -0.05) is 0 Å². The first kappa shape index (κ1) is 18.5. The van der Waals surface area contributed by atoms with Gasteiger partial charge >= 0.3 is 12.1 Å². The summed E-state index contributed by atoms with van der Waals surface area (Å²) < 4.78 is 44.6. The van der Waals surface area contributed by atoms with E-state index in [1.54, 1.807) is 13.8 Å². The molecule has 0 fully saturated rings. The van der Waals surface area contributed by atoms with Crippen molar-refractivity contribution in [1.82, 2.24) is 24.7 Å². The highest BCUT2D eigenvalue weighted by Crippen LogP contribution is 2.29. The van der Waals surface area contributed by atoms with Crippen molar-refractivity contribution in [3.05, 3.63) is 54.0 Å². The summed E-state index contributed by atoms with van der Waals surface area (Å²) >= 11 is 0. The number of nitrogens with zero attached hydrogens (tertiary/aromatic N) is 5. The third kappa shape index (κ3) is 3.94. The Kier molecular flexibility index (Phi) is 4.89. The van der Waals surface area contributed by atoms with Gasteiger partial charge in [-0.3, -0.25) is 4.98 Å². The molecule has 7 nitrogen and oxygen atoms in total. The summed E-state index contributed by atoms with van der Waals surface area (Å²) in [4.78, 5) is 24.2. The van der Waals surface area contributed by atoms with Crippen molar-refractivity contribution < 1.29 is 22.7 Å². The second-order valence-electron chi connectivity index (χ2n) is 5.48. The molecule has 0 atom stereocenters. The molecule has 3 heterocycles. The highest BCUT2D eigenvalue weighted by atomic mass is 19.4. The van der Waals surface area contributed by atoms with E-state index in [1.807, 2.05) is 0 Å². The zero-order chi connectivity index (χ0) is 19.6. The fourth-order valence-corrected chi connectivity index (χ4v) is 2.34. The van der Waals surface area contributed by atoms with Crippen molar-refractivity contribution in [2.75, 3.05) is 6.61 Å². The molecule has 0 spiro atoms. The van der Waals surface area contributed by atoms with Crippen LogP contribution in [0.2, 0.25) is 0 Å². The average molecular weight is 377 g/mol. The molecule has 0 N–H and O–H groups in total. The van der Waals surface area contributed by atoms with Gasteiger partial charge in [0, 0.05) is 35.9 Å². The summed E-state index contributed by atoms with van der Waals surface area (Å²) in [7, 11) is 0. The van der Waals surface area contributed by atoms with Gasteiger partial charge in [0.15, 0.2) is 11.5 Å². The SMILES string of the molecule is CCOC(=O)c1cncc(-c2cnc(C)nc2-n2ccc(C(F)(F)F)n2)c1. The van der Waals surface area contributed by atoms with E-state index in [0.29, 0.717) is 17.0 Å². The molecule has 0 aliphatic carbocycles. The van der Waals surface area contributed by atoms with Gasteiger partial charge in [0.1, 0.15) is 5.82 Å². The van der Waals surface area contributed by atoms with Crippen molar-refractivity contribution in [3.63, 3.8) is 0 Å². The molecule has 0 aliphatic rings. The molecule has 0 amide bonds. The van der Waals surface area contributed by atoms with Crippen LogP contribution < -0.4 is 0 Å². The molecule has 27 heavy (non-hydrogen) atoms. The molecule has 0 bridgehead atoms. The van der Waals surface area contributed by atoms with Gasteiger partial charge < -0.3 is 4.74 Å². The molecule has 0 aliphatic heterocycles. The van der Waals surface area contributed by atoms with Crippen LogP contribution in [0, 0.1) is 6.92 Å². The molecule has 140 valence electrons. The van der Waals surface area contributed by atoms with Crippen LogP contribution in [-0.2, 0) is 10.9 Å². The van der Waals surface area contributed by atoms with Gasteiger partial charge in [-0.2, -0.15) is 18.3 Å². The molecule has 3 aromatic heterocycles. The van der Waals surface area contributed by atoms with Crippen molar-refractivity contribution >= 4 is 5.97 Å².